The Morgan fingerprint density at radius 3 is 2.08 bits per heavy atom. The normalized spacial score (nSPS) is 14.5. The van der Waals surface area contributed by atoms with Crippen molar-refractivity contribution in [3.05, 3.63) is 78.4 Å². The third-order valence-corrected chi connectivity index (χ3v) is 4.19. The van der Waals surface area contributed by atoms with Crippen LogP contribution in [0.4, 0.5) is 10.5 Å². The van der Waals surface area contributed by atoms with E-state index in [0.29, 0.717) is 24.1 Å². The molecule has 0 saturated heterocycles. The number of anilines is 1. The van der Waals surface area contributed by atoms with Crippen LogP contribution in [-0.4, -0.2) is 17.5 Å². The van der Waals surface area contributed by atoms with E-state index in [-0.39, 0.29) is 0 Å². The molecule has 0 saturated carbocycles. The second kappa shape index (κ2) is 7.02. The van der Waals surface area contributed by atoms with Gasteiger partial charge in [0.05, 0.1) is 6.07 Å². The van der Waals surface area contributed by atoms with Gasteiger partial charge in [-0.25, -0.2) is 4.79 Å². The number of benzene rings is 2. The molecule has 1 N–H and O–H groups in total. The van der Waals surface area contributed by atoms with Gasteiger partial charge in [0.15, 0.2) is 0 Å². The van der Waals surface area contributed by atoms with E-state index in [1.165, 1.54) is 4.90 Å². The van der Waals surface area contributed by atoms with Crippen molar-refractivity contribution in [2.45, 2.75) is 18.4 Å². The van der Waals surface area contributed by atoms with Crippen molar-refractivity contribution >= 4 is 17.6 Å². The molecule has 0 aliphatic heterocycles. The number of nitrogens with one attached hydrogen (secondary N) is 1. The van der Waals surface area contributed by atoms with Gasteiger partial charge in [-0.3, -0.25) is 15.0 Å². The highest BCUT2D eigenvalue weighted by Crippen LogP contribution is 2.34. The minimum atomic E-state index is -1.03. The number of rotatable bonds is 3. The van der Waals surface area contributed by atoms with Crippen LogP contribution < -0.4 is 10.2 Å². The molecule has 0 atom stereocenters. The quantitative estimate of drug-likeness (QED) is 0.872. The lowest BCUT2D eigenvalue weighted by atomic mass is 9.95. The number of para-hydroxylation sites is 1. The van der Waals surface area contributed by atoms with Crippen LogP contribution in [0, 0.1) is 11.3 Å². The molecular formula is C20H17N3O2. The van der Waals surface area contributed by atoms with Crippen molar-refractivity contribution in [3.8, 4) is 6.07 Å². The number of carbonyl (C=O) groups excluding carboxylic acids is 2. The smallest absolute Gasteiger partial charge is 0.274 e. The summed E-state index contributed by atoms with van der Waals surface area (Å²) in [5.74, 6) is -0.495. The SMILES string of the molecule is N#CC1(N(C(=O)NC(=O)c2ccccc2)c2ccccc2)CC=CC1. The van der Waals surface area contributed by atoms with Crippen LogP contribution in [0.2, 0.25) is 0 Å². The number of amides is 3. The van der Waals surface area contributed by atoms with E-state index in [9.17, 15) is 14.9 Å². The summed E-state index contributed by atoms with van der Waals surface area (Å²) in [6.45, 7) is 0. The highest BCUT2D eigenvalue weighted by molar-refractivity contribution is 6.09. The van der Waals surface area contributed by atoms with Crippen molar-refractivity contribution in [1.82, 2.24) is 5.32 Å². The molecule has 0 bridgehead atoms. The molecule has 0 fully saturated rings. The van der Waals surface area contributed by atoms with E-state index >= 15 is 0 Å². The van der Waals surface area contributed by atoms with Crippen molar-refractivity contribution < 1.29 is 9.59 Å². The number of hydrogen-bond donors (Lipinski definition) is 1. The van der Waals surface area contributed by atoms with Gasteiger partial charge in [-0.2, -0.15) is 5.26 Å². The molecule has 25 heavy (non-hydrogen) atoms. The van der Waals surface area contributed by atoms with Gasteiger partial charge in [0.25, 0.3) is 5.91 Å². The molecule has 1 aliphatic carbocycles. The second-order valence-electron chi connectivity index (χ2n) is 5.82. The molecule has 2 aromatic carbocycles. The molecule has 0 radical (unpaired) electrons. The molecule has 5 nitrogen and oxygen atoms in total. The number of urea groups is 1. The lowest BCUT2D eigenvalue weighted by Gasteiger charge is -2.35. The molecule has 3 amide bonds. The van der Waals surface area contributed by atoms with Crippen LogP contribution in [0.5, 0.6) is 0 Å². The minimum Gasteiger partial charge on any atom is -0.274 e. The number of imide groups is 1. The zero-order valence-electron chi connectivity index (χ0n) is 13.6. The Labute approximate surface area is 146 Å². The van der Waals surface area contributed by atoms with Crippen molar-refractivity contribution in [1.29, 1.82) is 5.26 Å². The van der Waals surface area contributed by atoms with E-state index in [0.717, 1.165) is 0 Å². The van der Waals surface area contributed by atoms with Crippen LogP contribution in [0.3, 0.4) is 0 Å². The van der Waals surface area contributed by atoms with E-state index in [1.54, 1.807) is 54.6 Å². The van der Waals surface area contributed by atoms with E-state index in [1.807, 2.05) is 18.2 Å². The molecule has 0 spiro atoms. The third kappa shape index (κ3) is 3.29. The van der Waals surface area contributed by atoms with E-state index < -0.39 is 17.5 Å². The molecule has 1 aliphatic rings. The summed E-state index contributed by atoms with van der Waals surface area (Å²) in [5.41, 5.74) is -0.0619. The minimum absolute atomic E-state index is 0.388. The lowest BCUT2D eigenvalue weighted by molar-refractivity contribution is 0.0964. The molecule has 5 heteroatoms. The van der Waals surface area contributed by atoms with Gasteiger partial charge < -0.3 is 0 Å². The summed E-state index contributed by atoms with van der Waals surface area (Å²) in [6.07, 6.45) is 4.60. The lowest BCUT2D eigenvalue weighted by Crippen LogP contribution is -2.55. The first-order valence-electron chi connectivity index (χ1n) is 7.98. The standard InChI is InChI=1S/C20H17N3O2/c21-15-20(13-7-8-14-20)23(17-11-5-2-6-12-17)19(25)22-18(24)16-9-3-1-4-10-16/h1-12H,13-14H2,(H,22,24,25). The first-order chi connectivity index (χ1) is 12.2. The average Bonchev–Trinajstić information content (AvgIpc) is 3.13. The van der Waals surface area contributed by atoms with Crippen LogP contribution in [0.25, 0.3) is 0 Å². The molecule has 0 aromatic heterocycles. The maximum absolute atomic E-state index is 12.9. The van der Waals surface area contributed by atoms with Gasteiger partial charge in [-0.05, 0) is 24.3 Å². The summed E-state index contributed by atoms with van der Waals surface area (Å²) in [4.78, 5) is 26.6. The summed E-state index contributed by atoms with van der Waals surface area (Å²) < 4.78 is 0. The monoisotopic (exact) mass is 331 g/mol. The van der Waals surface area contributed by atoms with Crippen molar-refractivity contribution in [3.63, 3.8) is 0 Å². The summed E-state index contributed by atoms with van der Waals surface area (Å²) in [5, 5.41) is 12.2. The number of nitrogens with zero attached hydrogens (tertiary/aromatic N) is 2. The van der Waals surface area contributed by atoms with Crippen LogP contribution in [-0.2, 0) is 0 Å². The van der Waals surface area contributed by atoms with Gasteiger partial charge in [0, 0.05) is 24.1 Å². The first kappa shape index (κ1) is 16.5. The topological polar surface area (TPSA) is 73.2 Å². The second-order valence-corrected chi connectivity index (χ2v) is 5.82. The zero-order valence-corrected chi connectivity index (χ0v) is 13.6. The maximum atomic E-state index is 12.9. The van der Waals surface area contributed by atoms with E-state index in [4.69, 9.17) is 0 Å². The number of nitriles is 1. The summed E-state index contributed by atoms with van der Waals surface area (Å²) in [6, 6.07) is 19.1. The van der Waals surface area contributed by atoms with Crippen LogP contribution >= 0.6 is 0 Å². The third-order valence-electron chi connectivity index (χ3n) is 4.19. The number of hydrogen-bond acceptors (Lipinski definition) is 3. The molecule has 2 aromatic rings. The maximum Gasteiger partial charge on any atom is 0.330 e. The fraction of sp³-hybridized carbons (Fsp3) is 0.150. The van der Waals surface area contributed by atoms with Gasteiger partial charge >= 0.3 is 6.03 Å². The Hall–Kier alpha value is -3.39. The predicted octanol–water partition coefficient (Wildman–Crippen LogP) is 3.66. The number of carbonyl (C=O) groups is 2. The molecular weight excluding hydrogens is 314 g/mol. The summed E-state index contributed by atoms with van der Waals surface area (Å²) >= 11 is 0. The Bertz CT molecular complexity index is 830. The Kier molecular flexibility index (Phi) is 4.62. The van der Waals surface area contributed by atoms with Gasteiger partial charge in [0.2, 0.25) is 0 Å². The van der Waals surface area contributed by atoms with Crippen LogP contribution in [0.15, 0.2) is 72.8 Å². The largest absolute Gasteiger partial charge is 0.330 e. The fourth-order valence-electron chi connectivity index (χ4n) is 2.91. The fourth-order valence-corrected chi connectivity index (χ4v) is 2.91. The van der Waals surface area contributed by atoms with Gasteiger partial charge in [-0.15, -0.1) is 0 Å². The van der Waals surface area contributed by atoms with Crippen molar-refractivity contribution in [2.24, 2.45) is 0 Å². The zero-order chi connectivity index (χ0) is 17.7. The molecule has 0 unspecified atom stereocenters. The Morgan fingerprint density at radius 2 is 1.52 bits per heavy atom. The summed E-state index contributed by atoms with van der Waals surface area (Å²) in [7, 11) is 0. The highest BCUT2D eigenvalue weighted by atomic mass is 16.2. The molecule has 0 heterocycles. The van der Waals surface area contributed by atoms with Gasteiger partial charge in [-0.1, -0.05) is 48.6 Å². The Morgan fingerprint density at radius 1 is 0.960 bits per heavy atom. The van der Waals surface area contributed by atoms with Crippen LogP contribution in [0.1, 0.15) is 23.2 Å². The van der Waals surface area contributed by atoms with E-state index in [2.05, 4.69) is 11.4 Å². The predicted molar refractivity (Wildman–Crippen MR) is 94.9 cm³/mol. The Balaban J connectivity index is 1.91. The average molecular weight is 331 g/mol. The van der Waals surface area contributed by atoms with Gasteiger partial charge in [0.1, 0.15) is 5.54 Å². The highest BCUT2D eigenvalue weighted by Gasteiger charge is 2.42. The van der Waals surface area contributed by atoms with Crippen molar-refractivity contribution in [2.75, 3.05) is 4.90 Å². The molecule has 3 rings (SSSR count). The first-order valence-corrected chi connectivity index (χ1v) is 7.98. The molecule has 124 valence electrons.